The lowest BCUT2D eigenvalue weighted by Gasteiger charge is -2.32. The molecule has 1 fully saturated rings. The maximum Gasteiger partial charge on any atom is 0.256 e. The molecule has 1 saturated heterocycles. The van der Waals surface area contributed by atoms with Gasteiger partial charge >= 0.3 is 0 Å². The molecule has 1 aliphatic rings. The van der Waals surface area contributed by atoms with Crippen LogP contribution < -0.4 is 20.1 Å². The molecule has 0 aromatic heterocycles. The lowest BCUT2D eigenvalue weighted by molar-refractivity contribution is 0.102. The number of amides is 1. The lowest BCUT2D eigenvalue weighted by atomic mass is 9.99. The topological polar surface area (TPSA) is 99.8 Å². The molecule has 0 bridgehead atoms. The lowest BCUT2D eigenvalue weighted by Crippen LogP contribution is -2.42. The van der Waals surface area contributed by atoms with E-state index in [1.807, 2.05) is 37.3 Å². The first-order valence-electron chi connectivity index (χ1n) is 14.6. The van der Waals surface area contributed by atoms with Crippen LogP contribution in [0, 0.1) is 12.7 Å². The van der Waals surface area contributed by atoms with Crippen molar-refractivity contribution in [1.29, 1.82) is 0 Å². The van der Waals surface area contributed by atoms with Crippen molar-refractivity contribution in [2.24, 2.45) is 0 Å². The molecule has 11 heteroatoms. The second-order valence-electron chi connectivity index (χ2n) is 11.1. The Kier molecular flexibility index (Phi) is 11.6. The van der Waals surface area contributed by atoms with Crippen LogP contribution in [0.3, 0.4) is 0 Å². The number of halogens is 2. The van der Waals surface area contributed by atoms with E-state index in [2.05, 4.69) is 32.4 Å². The molecule has 8 nitrogen and oxygen atoms in total. The summed E-state index contributed by atoms with van der Waals surface area (Å²) in [6, 6.07) is 26.8. The minimum atomic E-state index is -3.32. The zero-order valence-electron chi connectivity index (χ0n) is 25.3. The van der Waals surface area contributed by atoms with Crippen LogP contribution in [0.15, 0.2) is 91.0 Å². The summed E-state index contributed by atoms with van der Waals surface area (Å²) >= 11 is 0. The molecular weight excluding hydrogens is 615 g/mol. The molecule has 1 heterocycles. The average molecular weight is 653 g/mol. The van der Waals surface area contributed by atoms with E-state index in [-0.39, 0.29) is 24.1 Å². The number of carbonyl (C=O) groups excluding carboxylic acids is 1. The van der Waals surface area contributed by atoms with Gasteiger partial charge in [-0.05, 0) is 110 Å². The highest BCUT2D eigenvalue weighted by Crippen LogP contribution is 2.25. The molecule has 5 rings (SSSR count). The first-order valence-corrected chi connectivity index (χ1v) is 16.5. The van der Waals surface area contributed by atoms with Crippen LogP contribution >= 0.6 is 12.4 Å². The van der Waals surface area contributed by atoms with Crippen molar-refractivity contribution in [2.75, 3.05) is 29.4 Å². The van der Waals surface area contributed by atoms with Crippen molar-refractivity contribution in [3.05, 3.63) is 119 Å². The number of aryl methyl sites for hydroxylation is 1. The van der Waals surface area contributed by atoms with Crippen molar-refractivity contribution in [3.8, 4) is 11.5 Å². The van der Waals surface area contributed by atoms with E-state index in [0.717, 1.165) is 49.9 Å². The largest absolute Gasteiger partial charge is 0.457 e. The van der Waals surface area contributed by atoms with Crippen molar-refractivity contribution < 1.29 is 22.3 Å². The Morgan fingerprint density at radius 3 is 2.11 bits per heavy atom. The van der Waals surface area contributed by atoms with E-state index in [1.165, 1.54) is 17.7 Å². The highest BCUT2D eigenvalue weighted by atomic mass is 35.5. The summed E-state index contributed by atoms with van der Waals surface area (Å²) < 4.78 is 44.4. The van der Waals surface area contributed by atoms with Gasteiger partial charge in [-0.25, -0.2) is 12.8 Å². The monoisotopic (exact) mass is 652 g/mol. The number of carbonyl (C=O) groups is 1. The summed E-state index contributed by atoms with van der Waals surface area (Å²) in [6.45, 7) is 5.31. The molecule has 1 amide bonds. The standard InChI is InChI=1S/C34H37FN4O4S.ClH/c1-24-4-3-5-26(33(24)34(40)37-29-10-8-27(35)9-11-29)22-36-28-18-20-39(21-19-28)23-25-6-14-31(15-7-25)43-32-16-12-30(13-17-32)38-44(2,41)42;/h3-17,28,36,38H,18-23H2,1-2H3,(H,37,40);1H. The van der Waals surface area contributed by atoms with Crippen LogP contribution in [-0.2, 0) is 23.1 Å². The highest BCUT2D eigenvalue weighted by Gasteiger charge is 2.21. The fourth-order valence-electron chi connectivity index (χ4n) is 5.34. The minimum Gasteiger partial charge on any atom is -0.457 e. The third kappa shape index (κ3) is 10.0. The van der Waals surface area contributed by atoms with Crippen molar-refractivity contribution >= 4 is 39.7 Å². The van der Waals surface area contributed by atoms with E-state index >= 15 is 0 Å². The van der Waals surface area contributed by atoms with Gasteiger partial charge in [0.25, 0.3) is 5.91 Å². The third-order valence-corrected chi connectivity index (χ3v) is 8.19. The van der Waals surface area contributed by atoms with Crippen LogP contribution in [0.1, 0.15) is 39.9 Å². The van der Waals surface area contributed by atoms with Crippen LogP contribution in [0.2, 0.25) is 0 Å². The van der Waals surface area contributed by atoms with Gasteiger partial charge in [0.2, 0.25) is 10.0 Å². The fraction of sp³-hybridized carbons (Fsp3) is 0.265. The number of nitrogens with zero attached hydrogens (tertiary/aromatic N) is 1. The molecule has 0 radical (unpaired) electrons. The van der Waals surface area contributed by atoms with Crippen LogP contribution in [0.25, 0.3) is 0 Å². The highest BCUT2D eigenvalue weighted by molar-refractivity contribution is 7.92. The molecule has 0 aliphatic carbocycles. The molecule has 0 saturated carbocycles. The summed E-state index contributed by atoms with van der Waals surface area (Å²) in [7, 11) is -3.32. The van der Waals surface area contributed by atoms with E-state index in [4.69, 9.17) is 4.74 Å². The first kappa shape index (κ1) is 33.9. The van der Waals surface area contributed by atoms with Gasteiger partial charge in [0.15, 0.2) is 0 Å². The predicted molar refractivity (Wildman–Crippen MR) is 179 cm³/mol. The number of nitrogens with one attached hydrogen (secondary N) is 3. The summed E-state index contributed by atoms with van der Waals surface area (Å²) in [4.78, 5) is 15.5. The van der Waals surface area contributed by atoms with Crippen LogP contribution in [0.4, 0.5) is 15.8 Å². The Hall–Kier alpha value is -3.96. The van der Waals surface area contributed by atoms with Gasteiger partial charge in [0.05, 0.1) is 6.26 Å². The molecule has 3 N–H and O–H groups in total. The number of likely N-dealkylation sites (tertiary alicyclic amines) is 1. The van der Waals surface area contributed by atoms with Crippen molar-refractivity contribution in [1.82, 2.24) is 10.2 Å². The maximum absolute atomic E-state index is 13.3. The van der Waals surface area contributed by atoms with Crippen LogP contribution in [-0.4, -0.2) is 44.6 Å². The Bertz CT molecular complexity index is 1680. The van der Waals surface area contributed by atoms with Gasteiger partial charge < -0.3 is 15.4 Å². The Morgan fingerprint density at radius 1 is 0.889 bits per heavy atom. The fourth-order valence-corrected chi connectivity index (χ4v) is 5.90. The number of piperidine rings is 1. The van der Waals surface area contributed by atoms with Gasteiger partial charge in [-0.2, -0.15) is 0 Å². The number of hydrogen-bond donors (Lipinski definition) is 3. The number of hydrogen-bond acceptors (Lipinski definition) is 6. The molecule has 4 aromatic rings. The number of ether oxygens (including phenoxy) is 1. The Labute approximate surface area is 270 Å². The van der Waals surface area contributed by atoms with E-state index < -0.39 is 10.0 Å². The first-order chi connectivity index (χ1) is 21.1. The molecule has 4 aromatic carbocycles. The second-order valence-corrected chi connectivity index (χ2v) is 12.9. The second kappa shape index (κ2) is 15.4. The number of sulfonamides is 1. The molecule has 45 heavy (non-hydrogen) atoms. The molecular formula is C34H38ClFN4O4S. The van der Waals surface area contributed by atoms with Crippen LogP contribution in [0.5, 0.6) is 11.5 Å². The summed E-state index contributed by atoms with van der Waals surface area (Å²) in [5.41, 5.74) is 4.73. The van der Waals surface area contributed by atoms with Gasteiger partial charge in [-0.3, -0.25) is 14.4 Å². The van der Waals surface area contributed by atoms with E-state index in [0.29, 0.717) is 41.0 Å². The zero-order chi connectivity index (χ0) is 31.1. The average Bonchev–Trinajstić information content (AvgIpc) is 2.99. The third-order valence-electron chi connectivity index (χ3n) is 7.58. The van der Waals surface area contributed by atoms with E-state index in [9.17, 15) is 17.6 Å². The van der Waals surface area contributed by atoms with Gasteiger partial charge in [0, 0.05) is 36.1 Å². The smallest absolute Gasteiger partial charge is 0.256 e. The number of anilines is 2. The summed E-state index contributed by atoms with van der Waals surface area (Å²) in [5.74, 6) is 0.794. The maximum atomic E-state index is 13.3. The van der Waals surface area contributed by atoms with Gasteiger partial charge in [-0.15, -0.1) is 12.4 Å². The zero-order valence-corrected chi connectivity index (χ0v) is 26.9. The number of rotatable bonds is 11. The quantitative estimate of drug-likeness (QED) is 0.166. The molecule has 0 unspecified atom stereocenters. The van der Waals surface area contributed by atoms with Gasteiger partial charge in [0.1, 0.15) is 17.3 Å². The Morgan fingerprint density at radius 2 is 1.49 bits per heavy atom. The minimum absolute atomic E-state index is 0. The van der Waals surface area contributed by atoms with Gasteiger partial charge in [-0.1, -0.05) is 30.3 Å². The SMILES string of the molecule is Cc1cccc(CNC2CCN(Cc3ccc(Oc4ccc(NS(C)(=O)=O)cc4)cc3)CC2)c1C(=O)Nc1ccc(F)cc1.Cl. The normalized spacial score (nSPS) is 13.9. The number of benzene rings is 4. The van der Waals surface area contributed by atoms with E-state index in [1.54, 1.807) is 36.4 Å². The van der Waals surface area contributed by atoms with Crippen molar-refractivity contribution in [3.63, 3.8) is 0 Å². The van der Waals surface area contributed by atoms with Crippen molar-refractivity contribution in [2.45, 2.75) is 38.9 Å². The molecule has 1 aliphatic heterocycles. The molecule has 238 valence electrons. The molecule has 0 spiro atoms. The summed E-state index contributed by atoms with van der Waals surface area (Å²) in [6.07, 6.45) is 3.13. The molecule has 0 atom stereocenters. The Balaban J connectivity index is 0.00000461. The summed E-state index contributed by atoms with van der Waals surface area (Å²) in [5, 5.41) is 6.54. The predicted octanol–water partition coefficient (Wildman–Crippen LogP) is 6.73.